The molecule has 0 aliphatic rings. The van der Waals surface area contributed by atoms with E-state index in [-0.39, 0.29) is 5.92 Å². The summed E-state index contributed by atoms with van der Waals surface area (Å²) < 4.78 is 5.77. The Labute approximate surface area is 149 Å². The van der Waals surface area contributed by atoms with Gasteiger partial charge in [0.05, 0.1) is 5.56 Å². The number of halogens is 2. The van der Waals surface area contributed by atoms with Crippen molar-refractivity contribution in [3.63, 3.8) is 0 Å². The average molecular weight is 363 g/mol. The van der Waals surface area contributed by atoms with Crippen molar-refractivity contribution in [1.29, 1.82) is 0 Å². The van der Waals surface area contributed by atoms with Gasteiger partial charge < -0.3 is 9.72 Å². The standard InChI is InChI=1S/C18H16Cl2N2O2/c1-10(2)16(11-7-12(19)9-13(20)8-11)24-18(23)15-4-6-22-17-14(15)3-5-21-17/h3-10,16H,1-2H3,(H,21,22). The molecule has 0 radical (unpaired) electrons. The van der Waals surface area contributed by atoms with Crippen LogP contribution < -0.4 is 0 Å². The molecule has 0 aliphatic carbocycles. The van der Waals surface area contributed by atoms with Crippen LogP contribution in [0.5, 0.6) is 0 Å². The van der Waals surface area contributed by atoms with E-state index in [1.165, 1.54) is 0 Å². The fourth-order valence-corrected chi connectivity index (χ4v) is 3.19. The van der Waals surface area contributed by atoms with Crippen LogP contribution in [0.3, 0.4) is 0 Å². The molecule has 2 aromatic heterocycles. The zero-order valence-corrected chi connectivity index (χ0v) is 14.7. The van der Waals surface area contributed by atoms with E-state index in [1.54, 1.807) is 42.7 Å². The van der Waals surface area contributed by atoms with Gasteiger partial charge >= 0.3 is 5.97 Å². The number of rotatable bonds is 4. The number of hydrogen-bond donors (Lipinski definition) is 1. The second kappa shape index (κ2) is 6.83. The smallest absolute Gasteiger partial charge is 0.339 e. The first-order chi connectivity index (χ1) is 11.5. The van der Waals surface area contributed by atoms with E-state index in [9.17, 15) is 4.79 Å². The number of hydrogen-bond acceptors (Lipinski definition) is 3. The lowest BCUT2D eigenvalue weighted by Crippen LogP contribution is -2.17. The van der Waals surface area contributed by atoms with E-state index < -0.39 is 12.1 Å². The second-order valence-electron chi connectivity index (χ2n) is 5.87. The van der Waals surface area contributed by atoms with Crippen molar-refractivity contribution in [2.24, 2.45) is 5.92 Å². The van der Waals surface area contributed by atoms with E-state index >= 15 is 0 Å². The number of esters is 1. The van der Waals surface area contributed by atoms with E-state index in [4.69, 9.17) is 27.9 Å². The molecule has 6 heteroatoms. The molecule has 0 amide bonds. The van der Waals surface area contributed by atoms with E-state index in [0.717, 1.165) is 10.9 Å². The maximum atomic E-state index is 12.7. The Balaban J connectivity index is 1.93. The zero-order chi connectivity index (χ0) is 17.3. The quantitative estimate of drug-likeness (QED) is 0.630. The molecule has 4 nitrogen and oxygen atoms in total. The lowest BCUT2D eigenvalue weighted by molar-refractivity contribution is 0.0179. The van der Waals surface area contributed by atoms with E-state index in [0.29, 0.717) is 21.3 Å². The molecule has 0 fully saturated rings. The summed E-state index contributed by atoms with van der Waals surface area (Å²) in [5.74, 6) is -0.344. The normalized spacial score (nSPS) is 12.5. The fourth-order valence-electron chi connectivity index (χ4n) is 2.65. The third-order valence-electron chi connectivity index (χ3n) is 3.73. The van der Waals surface area contributed by atoms with Crippen LogP contribution >= 0.6 is 23.2 Å². The number of aromatic amines is 1. The molecule has 0 bridgehead atoms. The van der Waals surface area contributed by atoms with Gasteiger partial charge in [-0.2, -0.15) is 0 Å². The van der Waals surface area contributed by atoms with Crippen molar-refractivity contribution >= 4 is 40.2 Å². The molecule has 3 aromatic rings. The van der Waals surface area contributed by atoms with E-state index in [2.05, 4.69) is 9.97 Å². The predicted octanol–water partition coefficient (Wildman–Crippen LogP) is 5.42. The third kappa shape index (κ3) is 3.40. The van der Waals surface area contributed by atoms with Crippen LogP contribution in [0.25, 0.3) is 11.0 Å². The maximum Gasteiger partial charge on any atom is 0.339 e. The molecule has 2 heterocycles. The highest BCUT2D eigenvalue weighted by Crippen LogP contribution is 2.32. The zero-order valence-electron chi connectivity index (χ0n) is 13.2. The molecule has 0 saturated heterocycles. The number of pyridine rings is 1. The van der Waals surface area contributed by atoms with Crippen molar-refractivity contribution in [2.45, 2.75) is 20.0 Å². The minimum Gasteiger partial charge on any atom is -0.454 e. The van der Waals surface area contributed by atoms with Gasteiger partial charge in [-0.1, -0.05) is 37.0 Å². The van der Waals surface area contributed by atoms with Crippen molar-refractivity contribution in [2.75, 3.05) is 0 Å². The molecular formula is C18H16Cl2N2O2. The average Bonchev–Trinajstić information content (AvgIpc) is 2.99. The summed E-state index contributed by atoms with van der Waals surface area (Å²) in [6, 6.07) is 8.64. The Hall–Kier alpha value is -2.04. The summed E-state index contributed by atoms with van der Waals surface area (Å²) >= 11 is 12.2. The minimum atomic E-state index is -0.448. The summed E-state index contributed by atoms with van der Waals surface area (Å²) in [5, 5.41) is 1.75. The SMILES string of the molecule is CC(C)C(OC(=O)c1ccnc2[nH]ccc12)c1cc(Cl)cc(Cl)c1. The molecule has 124 valence electrons. The van der Waals surface area contributed by atoms with Gasteiger partial charge in [0, 0.05) is 27.8 Å². The maximum absolute atomic E-state index is 12.7. The van der Waals surface area contributed by atoms with Crippen LogP contribution in [-0.2, 0) is 4.74 Å². The summed E-state index contributed by atoms with van der Waals surface area (Å²) in [6.07, 6.45) is 2.87. The second-order valence-corrected chi connectivity index (χ2v) is 6.74. The molecule has 1 N–H and O–H groups in total. The van der Waals surface area contributed by atoms with Crippen LogP contribution in [0.15, 0.2) is 42.7 Å². The Kier molecular flexibility index (Phi) is 4.78. The molecule has 1 unspecified atom stereocenters. The monoisotopic (exact) mass is 362 g/mol. The summed E-state index contributed by atoms with van der Waals surface area (Å²) in [6.45, 7) is 3.95. The first kappa shape index (κ1) is 16.8. The van der Waals surface area contributed by atoms with Crippen LogP contribution in [0.1, 0.15) is 35.9 Å². The van der Waals surface area contributed by atoms with Crippen LogP contribution in [-0.4, -0.2) is 15.9 Å². The van der Waals surface area contributed by atoms with Gasteiger partial charge in [-0.05, 0) is 41.8 Å². The molecule has 1 aromatic carbocycles. The van der Waals surface area contributed by atoms with Crippen molar-refractivity contribution in [3.8, 4) is 0 Å². The highest BCUT2D eigenvalue weighted by Gasteiger charge is 2.23. The number of fused-ring (bicyclic) bond motifs is 1. The summed E-state index contributed by atoms with van der Waals surface area (Å²) in [7, 11) is 0. The van der Waals surface area contributed by atoms with Crippen LogP contribution in [0, 0.1) is 5.92 Å². The fraction of sp³-hybridized carbons (Fsp3) is 0.222. The number of nitrogens with zero attached hydrogens (tertiary/aromatic N) is 1. The molecule has 0 spiro atoms. The Morgan fingerprint density at radius 1 is 1.17 bits per heavy atom. The number of carbonyl (C=O) groups is 1. The van der Waals surface area contributed by atoms with Gasteiger partial charge in [-0.25, -0.2) is 9.78 Å². The largest absolute Gasteiger partial charge is 0.454 e. The topological polar surface area (TPSA) is 55.0 Å². The van der Waals surface area contributed by atoms with Crippen molar-refractivity contribution < 1.29 is 9.53 Å². The van der Waals surface area contributed by atoms with Gasteiger partial charge in [0.15, 0.2) is 0 Å². The molecule has 0 saturated carbocycles. The van der Waals surface area contributed by atoms with Crippen LogP contribution in [0.4, 0.5) is 0 Å². The van der Waals surface area contributed by atoms with Gasteiger partial charge in [0.2, 0.25) is 0 Å². The lowest BCUT2D eigenvalue weighted by atomic mass is 9.99. The first-order valence-electron chi connectivity index (χ1n) is 7.55. The van der Waals surface area contributed by atoms with Gasteiger partial charge in [-0.15, -0.1) is 0 Å². The predicted molar refractivity (Wildman–Crippen MR) is 95.6 cm³/mol. The van der Waals surface area contributed by atoms with Crippen LogP contribution in [0.2, 0.25) is 10.0 Å². The molecule has 3 rings (SSSR count). The Morgan fingerprint density at radius 3 is 2.54 bits per heavy atom. The summed E-state index contributed by atoms with van der Waals surface area (Å²) in [4.78, 5) is 19.9. The molecular weight excluding hydrogens is 347 g/mol. The number of H-pyrrole nitrogens is 1. The number of nitrogens with one attached hydrogen (secondary N) is 1. The highest BCUT2D eigenvalue weighted by atomic mass is 35.5. The van der Waals surface area contributed by atoms with Crippen molar-refractivity contribution in [1.82, 2.24) is 9.97 Å². The van der Waals surface area contributed by atoms with E-state index in [1.807, 2.05) is 13.8 Å². The summed E-state index contributed by atoms with van der Waals surface area (Å²) in [5.41, 5.74) is 1.89. The Morgan fingerprint density at radius 2 is 1.88 bits per heavy atom. The first-order valence-corrected chi connectivity index (χ1v) is 8.30. The molecule has 1 atom stereocenters. The van der Waals surface area contributed by atoms with Gasteiger partial charge in [-0.3, -0.25) is 0 Å². The lowest BCUT2D eigenvalue weighted by Gasteiger charge is -2.22. The van der Waals surface area contributed by atoms with Crippen molar-refractivity contribution in [3.05, 3.63) is 63.9 Å². The molecule has 0 aliphatic heterocycles. The number of aromatic nitrogens is 2. The minimum absolute atomic E-state index is 0.0621. The number of benzene rings is 1. The molecule has 24 heavy (non-hydrogen) atoms. The third-order valence-corrected chi connectivity index (χ3v) is 4.17. The number of ether oxygens (including phenoxy) is 1. The Bertz CT molecular complexity index is 869. The van der Waals surface area contributed by atoms with Gasteiger partial charge in [0.25, 0.3) is 0 Å². The van der Waals surface area contributed by atoms with Gasteiger partial charge in [0.1, 0.15) is 11.8 Å². The highest BCUT2D eigenvalue weighted by molar-refractivity contribution is 6.34. The number of carbonyl (C=O) groups excluding carboxylic acids is 1.